The van der Waals surface area contributed by atoms with E-state index in [9.17, 15) is 13.2 Å². The average molecular weight is 433 g/mol. The Morgan fingerprint density at radius 3 is 2.43 bits per heavy atom. The zero-order valence-electron chi connectivity index (χ0n) is 17.7. The molecule has 1 aromatic carbocycles. The van der Waals surface area contributed by atoms with Gasteiger partial charge < -0.3 is 9.80 Å². The lowest BCUT2D eigenvalue weighted by Gasteiger charge is -2.41. The largest absolute Gasteiger partial charge is 0.338 e. The molecule has 1 N–H and O–H groups in total. The van der Waals surface area contributed by atoms with E-state index in [1.807, 2.05) is 30.3 Å². The molecule has 2 saturated heterocycles. The molecule has 164 valence electrons. The number of nitrogens with zero attached hydrogens (tertiary/aromatic N) is 2. The molecular weight excluding hydrogens is 398 g/mol. The standard InChI is InChI=1S/C23H33N3O3S/c27-23(25-12-10-21-8-4-5-9-22(21)18-25)19-24-13-15-26(16-14-24)30(28,29)17-11-20-6-2-1-3-7-20/h1-3,6-7,11,17,21-22H,4-5,8-10,12-16,18-19H2/p+1/b17-11+/t21-,22+/m1/s1. The summed E-state index contributed by atoms with van der Waals surface area (Å²) in [7, 11) is -3.42. The Morgan fingerprint density at radius 1 is 1.00 bits per heavy atom. The van der Waals surface area contributed by atoms with Gasteiger partial charge in [0.15, 0.2) is 6.54 Å². The van der Waals surface area contributed by atoms with E-state index in [0.29, 0.717) is 38.6 Å². The van der Waals surface area contributed by atoms with Crippen molar-refractivity contribution in [2.45, 2.75) is 32.1 Å². The van der Waals surface area contributed by atoms with Crippen LogP contribution in [0.3, 0.4) is 0 Å². The average Bonchev–Trinajstić information content (AvgIpc) is 2.78. The van der Waals surface area contributed by atoms with Crippen molar-refractivity contribution in [1.29, 1.82) is 0 Å². The molecule has 3 aliphatic rings. The minimum Gasteiger partial charge on any atom is -0.338 e. The van der Waals surface area contributed by atoms with E-state index in [1.54, 1.807) is 6.08 Å². The lowest BCUT2D eigenvalue weighted by atomic mass is 9.75. The molecule has 2 atom stereocenters. The van der Waals surface area contributed by atoms with Gasteiger partial charge in [-0.1, -0.05) is 49.6 Å². The molecule has 2 heterocycles. The Morgan fingerprint density at radius 2 is 1.70 bits per heavy atom. The first kappa shape index (κ1) is 21.5. The molecule has 2 aliphatic heterocycles. The summed E-state index contributed by atoms with van der Waals surface area (Å²) in [5.41, 5.74) is 0.873. The molecule has 3 fully saturated rings. The predicted molar refractivity (Wildman–Crippen MR) is 118 cm³/mol. The second-order valence-corrected chi connectivity index (χ2v) is 10.8. The van der Waals surface area contributed by atoms with E-state index in [1.165, 1.54) is 40.3 Å². The molecule has 30 heavy (non-hydrogen) atoms. The third kappa shape index (κ3) is 5.31. The Hall–Kier alpha value is -1.70. The highest BCUT2D eigenvalue weighted by atomic mass is 32.2. The van der Waals surface area contributed by atoms with Crippen molar-refractivity contribution < 1.29 is 18.1 Å². The number of rotatable bonds is 5. The van der Waals surface area contributed by atoms with Gasteiger partial charge in [0.1, 0.15) is 0 Å². The smallest absolute Gasteiger partial charge is 0.277 e. The Bertz CT molecular complexity index is 848. The van der Waals surface area contributed by atoms with Crippen LogP contribution < -0.4 is 4.90 Å². The minimum atomic E-state index is -3.42. The molecule has 1 saturated carbocycles. The first-order chi connectivity index (χ1) is 14.5. The van der Waals surface area contributed by atoms with Gasteiger partial charge in [0.2, 0.25) is 10.0 Å². The second kappa shape index (κ2) is 9.62. The fourth-order valence-corrected chi connectivity index (χ4v) is 6.39. The number of sulfonamides is 1. The maximum absolute atomic E-state index is 12.8. The number of carbonyl (C=O) groups excluding carboxylic acids is 1. The molecule has 4 rings (SSSR count). The normalized spacial score (nSPS) is 26.6. The van der Waals surface area contributed by atoms with Gasteiger partial charge in [-0.25, -0.2) is 8.42 Å². The van der Waals surface area contributed by atoms with Crippen LogP contribution in [0.2, 0.25) is 0 Å². The van der Waals surface area contributed by atoms with Crippen LogP contribution in [0.4, 0.5) is 0 Å². The van der Waals surface area contributed by atoms with Crippen LogP contribution in [0.25, 0.3) is 6.08 Å². The zero-order chi connectivity index (χ0) is 21.0. The predicted octanol–water partition coefficient (Wildman–Crippen LogP) is 1.23. The summed E-state index contributed by atoms with van der Waals surface area (Å²) in [5, 5.41) is 1.30. The van der Waals surface area contributed by atoms with Crippen molar-refractivity contribution in [1.82, 2.24) is 9.21 Å². The van der Waals surface area contributed by atoms with E-state index in [2.05, 4.69) is 4.90 Å². The van der Waals surface area contributed by atoms with Crippen molar-refractivity contribution in [2.75, 3.05) is 45.8 Å². The van der Waals surface area contributed by atoms with Crippen LogP contribution in [0.5, 0.6) is 0 Å². The number of benzene rings is 1. The number of amides is 1. The van der Waals surface area contributed by atoms with E-state index in [-0.39, 0.29) is 5.91 Å². The first-order valence-electron chi connectivity index (χ1n) is 11.4. The fourth-order valence-electron chi connectivity index (χ4n) is 5.20. The Balaban J connectivity index is 1.25. The van der Waals surface area contributed by atoms with Gasteiger partial charge in [-0.05, 0) is 36.3 Å². The number of nitrogens with one attached hydrogen (secondary N) is 1. The van der Waals surface area contributed by atoms with Gasteiger partial charge in [-0.2, -0.15) is 4.31 Å². The molecule has 0 aromatic heterocycles. The topological polar surface area (TPSA) is 62.1 Å². The second-order valence-electron chi connectivity index (χ2n) is 9.02. The highest BCUT2D eigenvalue weighted by Crippen LogP contribution is 2.35. The SMILES string of the molecule is O=C(C[NH+]1CCN(S(=O)(=O)/C=C/c2ccccc2)CC1)N1CC[C@H]2CCCC[C@H]2C1. The van der Waals surface area contributed by atoms with Gasteiger partial charge in [0.25, 0.3) is 5.91 Å². The molecule has 0 radical (unpaired) electrons. The van der Waals surface area contributed by atoms with Crippen LogP contribution in [0, 0.1) is 11.8 Å². The van der Waals surface area contributed by atoms with Crippen LogP contribution in [-0.4, -0.2) is 69.3 Å². The van der Waals surface area contributed by atoms with Crippen molar-refractivity contribution in [2.24, 2.45) is 11.8 Å². The quantitative estimate of drug-likeness (QED) is 0.761. The first-order valence-corrected chi connectivity index (χ1v) is 12.9. The summed E-state index contributed by atoms with van der Waals surface area (Å²) in [6, 6.07) is 9.46. The van der Waals surface area contributed by atoms with Crippen molar-refractivity contribution in [3.63, 3.8) is 0 Å². The molecular formula is C23H34N3O3S+. The molecule has 0 spiro atoms. The highest BCUT2D eigenvalue weighted by Gasteiger charge is 2.35. The molecule has 6 nitrogen and oxygen atoms in total. The number of piperidine rings is 1. The van der Waals surface area contributed by atoms with Gasteiger partial charge >= 0.3 is 0 Å². The maximum atomic E-state index is 12.8. The molecule has 7 heteroatoms. The number of piperazine rings is 1. The lowest BCUT2D eigenvalue weighted by Crippen LogP contribution is -3.15. The van der Waals surface area contributed by atoms with Crippen LogP contribution >= 0.6 is 0 Å². The summed E-state index contributed by atoms with van der Waals surface area (Å²) in [4.78, 5) is 16.1. The number of likely N-dealkylation sites (tertiary alicyclic amines) is 1. The number of quaternary nitrogens is 1. The lowest BCUT2D eigenvalue weighted by molar-refractivity contribution is -0.896. The monoisotopic (exact) mass is 432 g/mol. The van der Waals surface area contributed by atoms with Gasteiger partial charge in [0, 0.05) is 18.5 Å². The molecule has 1 aliphatic carbocycles. The summed E-state index contributed by atoms with van der Waals surface area (Å²) in [6.45, 7) is 4.63. The molecule has 1 amide bonds. The summed E-state index contributed by atoms with van der Waals surface area (Å²) in [6.07, 6.45) is 8.08. The fraction of sp³-hybridized carbons (Fsp3) is 0.609. The number of hydrogen-bond acceptors (Lipinski definition) is 3. The van der Waals surface area contributed by atoms with E-state index in [4.69, 9.17) is 0 Å². The summed E-state index contributed by atoms with van der Waals surface area (Å²) >= 11 is 0. The molecule has 1 aromatic rings. The highest BCUT2D eigenvalue weighted by molar-refractivity contribution is 7.92. The zero-order valence-corrected chi connectivity index (χ0v) is 18.5. The molecule has 0 bridgehead atoms. The van der Waals surface area contributed by atoms with Crippen LogP contribution in [-0.2, 0) is 14.8 Å². The Kier molecular flexibility index (Phi) is 6.91. The number of hydrogen-bond donors (Lipinski definition) is 1. The van der Waals surface area contributed by atoms with Gasteiger partial charge in [-0.15, -0.1) is 0 Å². The maximum Gasteiger partial charge on any atom is 0.277 e. The number of fused-ring (bicyclic) bond motifs is 1. The van der Waals surface area contributed by atoms with Crippen LogP contribution in [0.1, 0.15) is 37.7 Å². The van der Waals surface area contributed by atoms with Gasteiger partial charge in [0.05, 0.1) is 26.2 Å². The van der Waals surface area contributed by atoms with E-state index < -0.39 is 10.0 Å². The minimum absolute atomic E-state index is 0.245. The third-order valence-corrected chi connectivity index (χ3v) is 8.63. The number of carbonyl (C=O) groups is 1. The van der Waals surface area contributed by atoms with E-state index >= 15 is 0 Å². The van der Waals surface area contributed by atoms with Crippen molar-refractivity contribution in [3.05, 3.63) is 41.3 Å². The van der Waals surface area contributed by atoms with Crippen molar-refractivity contribution >= 4 is 22.0 Å². The third-order valence-electron chi connectivity index (χ3n) is 7.07. The van der Waals surface area contributed by atoms with Crippen molar-refractivity contribution in [3.8, 4) is 0 Å². The summed E-state index contributed by atoms with van der Waals surface area (Å²) in [5.74, 6) is 1.77. The summed E-state index contributed by atoms with van der Waals surface area (Å²) < 4.78 is 26.8. The van der Waals surface area contributed by atoms with E-state index in [0.717, 1.165) is 31.0 Å². The van der Waals surface area contributed by atoms with Gasteiger partial charge in [-0.3, -0.25) is 4.79 Å². The Labute approximate surface area is 180 Å². The van der Waals surface area contributed by atoms with Crippen LogP contribution in [0.15, 0.2) is 35.7 Å². The molecule has 0 unspecified atom stereocenters.